The third-order valence-corrected chi connectivity index (χ3v) is 7.35. The van der Waals surface area contributed by atoms with Crippen LogP contribution >= 0.6 is 0 Å². The molecule has 0 radical (unpaired) electrons. The highest BCUT2D eigenvalue weighted by Gasteiger charge is 1.98. The first-order chi connectivity index (χ1) is 17.7. The average molecular weight is 501 g/mol. The molecule has 0 amide bonds. The standard InChI is InChI=1S/2C16H30N2/c2*1-3-4-5-6-7-8-9-10-11-12-14-18-15-13-17-16(18)2/h2*13,15H,3-12,14H2,1-2H3. The third-order valence-electron chi connectivity index (χ3n) is 7.35. The Kier molecular flexibility index (Phi) is 21.4. The van der Waals surface area contributed by atoms with E-state index in [0.717, 1.165) is 24.7 Å². The largest absolute Gasteiger partial charge is 0.335 e. The first-order valence-electron chi connectivity index (χ1n) is 15.6. The minimum absolute atomic E-state index is 1.14. The number of hydrogen-bond donors (Lipinski definition) is 0. The lowest BCUT2D eigenvalue weighted by Crippen LogP contribution is -1.98. The molecule has 0 fully saturated rings. The van der Waals surface area contributed by atoms with Gasteiger partial charge in [-0.05, 0) is 26.7 Å². The van der Waals surface area contributed by atoms with Crippen molar-refractivity contribution in [3.63, 3.8) is 0 Å². The van der Waals surface area contributed by atoms with E-state index in [-0.39, 0.29) is 0 Å². The molecule has 0 unspecified atom stereocenters. The predicted octanol–water partition coefficient (Wildman–Crippen LogP) is 10.2. The molecule has 0 saturated heterocycles. The Labute approximate surface area is 224 Å². The summed E-state index contributed by atoms with van der Waals surface area (Å²) in [5, 5.41) is 0. The lowest BCUT2D eigenvalue weighted by atomic mass is 10.1. The monoisotopic (exact) mass is 500 g/mol. The molecule has 0 aliphatic heterocycles. The van der Waals surface area contributed by atoms with Gasteiger partial charge in [0.05, 0.1) is 0 Å². The summed E-state index contributed by atoms with van der Waals surface area (Å²) in [5.41, 5.74) is 0. The maximum Gasteiger partial charge on any atom is 0.105 e. The Hall–Kier alpha value is -1.58. The van der Waals surface area contributed by atoms with Gasteiger partial charge in [-0.1, -0.05) is 129 Å². The van der Waals surface area contributed by atoms with Gasteiger partial charge in [0.2, 0.25) is 0 Å². The van der Waals surface area contributed by atoms with Gasteiger partial charge in [-0.2, -0.15) is 0 Å². The Balaban J connectivity index is 0.000000360. The topological polar surface area (TPSA) is 35.6 Å². The molecule has 4 heteroatoms. The van der Waals surface area contributed by atoms with Gasteiger partial charge >= 0.3 is 0 Å². The van der Waals surface area contributed by atoms with E-state index in [9.17, 15) is 0 Å². The molecule has 0 bridgehead atoms. The maximum absolute atomic E-state index is 4.24. The zero-order chi connectivity index (χ0) is 26.1. The Bertz CT molecular complexity index is 642. The van der Waals surface area contributed by atoms with E-state index in [1.807, 2.05) is 12.4 Å². The second-order valence-electron chi connectivity index (χ2n) is 10.7. The third kappa shape index (κ3) is 17.8. The number of hydrogen-bond acceptors (Lipinski definition) is 2. The van der Waals surface area contributed by atoms with Crippen LogP contribution < -0.4 is 0 Å². The second kappa shape index (κ2) is 23.8. The molecule has 208 valence electrons. The molecular formula is C32H60N4. The van der Waals surface area contributed by atoms with Crippen molar-refractivity contribution < 1.29 is 0 Å². The van der Waals surface area contributed by atoms with Crippen LogP contribution in [-0.4, -0.2) is 19.1 Å². The van der Waals surface area contributed by atoms with Crippen LogP contribution in [0.15, 0.2) is 24.8 Å². The van der Waals surface area contributed by atoms with Gasteiger partial charge in [0.1, 0.15) is 11.6 Å². The van der Waals surface area contributed by atoms with E-state index in [4.69, 9.17) is 0 Å². The van der Waals surface area contributed by atoms with Crippen molar-refractivity contribution in [1.29, 1.82) is 0 Å². The Morgan fingerprint density at radius 2 is 0.722 bits per heavy atom. The summed E-state index contributed by atoms with van der Waals surface area (Å²) in [6.07, 6.45) is 36.0. The fourth-order valence-electron chi connectivity index (χ4n) is 4.82. The van der Waals surface area contributed by atoms with Crippen molar-refractivity contribution in [2.45, 2.75) is 169 Å². The molecular weight excluding hydrogens is 440 g/mol. The minimum atomic E-state index is 1.14. The summed E-state index contributed by atoms with van der Waals surface area (Å²) >= 11 is 0. The summed E-state index contributed by atoms with van der Waals surface area (Å²) in [4.78, 5) is 8.49. The highest BCUT2D eigenvalue weighted by molar-refractivity contribution is 4.88. The molecule has 2 heterocycles. The van der Waals surface area contributed by atoms with E-state index in [2.05, 4.69) is 59.2 Å². The lowest BCUT2D eigenvalue weighted by molar-refractivity contribution is 0.531. The van der Waals surface area contributed by atoms with Crippen LogP contribution in [0.3, 0.4) is 0 Å². The van der Waals surface area contributed by atoms with E-state index in [0.29, 0.717) is 0 Å². The zero-order valence-corrected chi connectivity index (χ0v) is 24.7. The van der Waals surface area contributed by atoms with E-state index >= 15 is 0 Å². The van der Waals surface area contributed by atoms with Gasteiger partial charge in [0, 0.05) is 37.9 Å². The molecule has 0 saturated carbocycles. The number of imidazole rings is 2. The van der Waals surface area contributed by atoms with Crippen LogP contribution in [0.25, 0.3) is 0 Å². The van der Waals surface area contributed by atoms with Crippen LogP contribution in [0.4, 0.5) is 0 Å². The smallest absolute Gasteiger partial charge is 0.105 e. The summed E-state index contributed by atoms with van der Waals surface area (Å²) in [6.45, 7) is 11.0. The molecule has 2 aromatic heterocycles. The van der Waals surface area contributed by atoms with Crippen molar-refractivity contribution in [2.24, 2.45) is 0 Å². The van der Waals surface area contributed by atoms with Crippen LogP contribution in [0, 0.1) is 13.8 Å². The van der Waals surface area contributed by atoms with Crippen molar-refractivity contribution in [3.8, 4) is 0 Å². The first-order valence-corrected chi connectivity index (χ1v) is 15.6. The highest BCUT2D eigenvalue weighted by Crippen LogP contribution is 2.12. The maximum atomic E-state index is 4.24. The highest BCUT2D eigenvalue weighted by atomic mass is 15.1. The summed E-state index contributed by atoms with van der Waals surface area (Å²) < 4.78 is 4.51. The predicted molar refractivity (Wildman–Crippen MR) is 158 cm³/mol. The van der Waals surface area contributed by atoms with Crippen LogP contribution in [-0.2, 0) is 13.1 Å². The van der Waals surface area contributed by atoms with Crippen LogP contribution in [0.5, 0.6) is 0 Å². The van der Waals surface area contributed by atoms with Gasteiger partial charge in [-0.3, -0.25) is 0 Å². The number of aromatic nitrogens is 4. The lowest BCUT2D eigenvalue weighted by Gasteiger charge is -2.05. The Morgan fingerprint density at radius 1 is 0.444 bits per heavy atom. The van der Waals surface area contributed by atoms with Crippen molar-refractivity contribution in [1.82, 2.24) is 19.1 Å². The summed E-state index contributed by atoms with van der Waals surface area (Å²) in [6, 6.07) is 0. The molecule has 2 aromatic rings. The normalized spacial score (nSPS) is 11.0. The second-order valence-corrected chi connectivity index (χ2v) is 10.7. The summed E-state index contributed by atoms with van der Waals surface area (Å²) in [7, 11) is 0. The fourth-order valence-corrected chi connectivity index (χ4v) is 4.82. The van der Waals surface area contributed by atoms with E-state index < -0.39 is 0 Å². The van der Waals surface area contributed by atoms with Crippen molar-refractivity contribution in [2.75, 3.05) is 0 Å². The van der Waals surface area contributed by atoms with Crippen molar-refractivity contribution in [3.05, 3.63) is 36.4 Å². The van der Waals surface area contributed by atoms with Gasteiger partial charge in [-0.25, -0.2) is 9.97 Å². The molecule has 0 aliphatic carbocycles. The molecule has 0 atom stereocenters. The number of aryl methyl sites for hydroxylation is 4. The zero-order valence-electron chi connectivity index (χ0n) is 24.7. The van der Waals surface area contributed by atoms with Gasteiger partial charge in [0.15, 0.2) is 0 Å². The number of nitrogens with zero attached hydrogens (tertiary/aromatic N) is 4. The van der Waals surface area contributed by atoms with Gasteiger partial charge in [0.25, 0.3) is 0 Å². The molecule has 4 nitrogen and oxygen atoms in total. The molecule has 2 rings (SSSR count). The van der Waals surface area contributed by atoms with Gasteiger partial charge in [-0.15, -0.1) is 0 Å². The number of rotatable bonds is 22. The average Bonchev–Trinajstić information content (AvgIpc) is 3.49. The van der Waals surface area contributed by atoms with Gasteiger partial charge < -0.3 is 9.13 Å². The molecule has 0 N–H and O–H groups in total. The SMILES string of the molecule is CCCCCCCCCCCCn1ccnc1C.CCCCCCCCCCCCn1ccnc1C. The first kappa shape index (κ1) is 32.4. The molecule has 0 aromatic carbocycles. The quantitative estimate of drug-likeness (QED) is 0.151. The Morgan fingerprint density at radius 3 is 0.972 bits per heavy atom. The summed E-state index contributed by atoms with van der Waals surface area (Å²) in [5.74, 6) is 2.29. The molecule has 0 aliphatic rings. The van der Waals surface area contributed by atoms with E-state index in [1.165, 1.54) is 128 Å². The van der Waals surface area contributed by atoms with Crippen LogP contribution in [0.1, 0.15) is 154 Å². The fraction of sp³-hybridized carbons (Fsp3) is 0.812. The van der Waals surface area contributed by atoms with E-state index in [1.54, 1.807) is 0 Å². The number of unbranched alkanes of at least 4 members (excludes halogenated alkanes) is 18. The van der Waals surface area contributed by atoms with Crippen LogP contribution in [0.2, 0.25) is 0 Å². The molecule has 0 spiro atoms. The van der Waals surface area contributed by atoms with Crippen molar-refractivity contribution >= 4 is 0 Å². The minimum Gasteiger partial charge on any atom is -0.335 e. The molecule has 36 heavy (non-hydrogen) atoms.